The molecule has 3 rings (SSSR count). The molecule has 4 unspecified atom stereocenters. The van der Waals surface area contributed by atoms with Gasteiger partial charge in [-0.1, -0.05) is 13.8 Å². The highest BCUT2D eigenvalue weighted by atomic mass is 16.6. The topological polar surface area (TPSA) is 35.5 Å². The Labute approximate surface area is 77.4 Å². The Hall–Kier alpha value is -0.410. The number of ketones is 1. The van der Waals surface area contributed by atoms with E-state index in [0.717, 1.165) is 0 Å². The fraction of sp³-hybridized carbons (Fsp3) is 0.900. The van der Waals surface area contributed by atoms with Gasteiger partial charge in [0, 0.05) is 5.92 Å². The van der Waals surface area contributed by atoms with Crippen LogP contribution in [-0.2, 0) is 14.3 Å². The van der Waals surface area contributed by atoms with Crippen LogP contribution >= 0.6 is 0 Å². The molecule has 3 aliphatic rings. The van der Waals surface area contributed by atoms with Crippen molar-refractivity contribution in [3.63, 3.8) is 0 Å². The Morgan fingerprint density at radius 3 is 2.62 bits per heavy atom. The van der Waals surface area contributed by atoms with E-state index < -0.39 is 0 Å². The fourth-order valence-corrected chi connectivity index (χ4v) is 3.26. The smallest absolute Gasteiger partial charge is 0.164 e. The standard InChI is InChI=1S/C10H14O3/c1-4-7-6(11)3-12-9-5(2)8(4)13-10(7)9/h4-5,7-10H,3H2,1-2H3/t4-,5-,7?,8?,9?,10?/m1/s1. The number of rotatable bonds is 0. The predicted octanol–water partition coefficient (Wildman–Crippen LogP) is 0.624. The molecule has 6 atom stereocenters. The Morgan fingerprint density at radius 2 is 1.92 bits per heavy atom. The first-order valence-corrected chi connectivity index (χ1v) is 5.00. The largest absolute Gasteiger partial charge is 0.371 e. The maximum absolute atomic E-state index is 11.6. The van der Waals surface area contributed by atoms with Crippen molar-refractivity contribution in [3.05, 3.63) is 0 Å². The lowest BCUT2D eigenvalue weighted by Crippen LogP contribution is -2.51. The van der Waals surface area contributed by atoms with Crippen LogP contribution in [0.4, 0.5) is 0 Å². The zero-order chi connectivity index (χ0) is 9.16. The molecular weight excluding hydrogens is 168 g/mol. The summed E-state index contributed by atoms with van der Waals surface area (Å²) in [6, 6.07) is 0. The van der Waals surface area contributed by atoms with Gasteiger partial charge in [-0.05, 0) is 5.92 Å². The van der Waals surface area contributed by atoms with Crippen LogP contribution in [0.3, 0.4) is 0 Å². The highest BCUT2D eigenvalue weighted by molar-refractivity contribution is 5.84. The first-order valence-electron chi connectivity index (χ1n) is 5.00. The van der Waals surface area contributed by atoms with Crippen molar-refractivity contribution in [2.24, 2.45) is 17.8 Å². The zero-order valence-corrected chi connectivity index (χ0v) is 7.90. The SMILES string of the molecule is C[C@@H]1C2C(=O)COC3C2OC1[C@H]3C. The summed E-state index contributed by atoms with van der Waals surface area (Å²) in [7, 11) is 0. The molecule has 3 fully saturated rings. The van der Waals surface area contributed by atoms with E-state index >= 15 is 0 Å². The van der Waals surface area contributed by atoms with E-state index in [2.05, 4.69) is 13.8 Å². The van der Waals surface area contributed by atoms with Crippen LogP contribution < -0.4 is 0 Å². The molecule has 13 heavy (non-hydrogen) atoms. The molecule has 72 valence electrons. The number of hydrogen-bond donors (Lipinski definition) is 0. The summed E-state index contributed by atoms with van der Waals surface area (Å²) in [5, 5.41) is 0. The van der Waals surface area contributed by atoms with E-state index in [9.17, 15) is 4.79 Å². The van der Waals surface area contributed by atoms with E-state index in [1.165, 1.54) is 0 Å². The summed E-state index contributed by atoms with van der Waals surface area (Å²) in [6.45, 7) is 4.60. The van der Waals surface area contributed by atoms with Crippen LogP contribution in [0.25, 0.3) is 0 Å². The van der Waals surface area contributed by atoms with Gasteiger partial charge in [-0.15, -0.1) is 0 Å². The van der Waals surface area contributed by atoms with Gasteiger partial charge < -0.3 is 9.47 Å². The van der Waals surface area contributed by atoms with Crippen molar-refractivity contribution in [1.82, 2.24) is 0 Å². The Kier molecular flexibility index (Phi) is 1.43. The van der Waals surface area contributed by atoms with Crippen molar-refractivity contribution in [1.29, 1.82) is 0 Å². The summed E-state index contributed by atoms with van der Waals surface area (Å²) in [5.74, 6) is 1.22. The van der Waals surface area contributed by atoms with Crippen molar-refractivity contribution in [3.8, 4) is 0 Å². The second-order valence-electron chi connectivity index (χ2n) is 4.55. The van der Waals surface area contributed by atoms with Crippen LogP contribution in [0.2, 0.25) is 0 Å². The maximum atomic E-state index is 11.6. The molecule has 3 nitrogen and oxygen atoms in total. The monoisotopic (exact) mass is 182 g/mol. The van der Waals surface area contributed by atoms with Gasteiger partial charge in [-0.2, -0.15) is 0 Å². The van der Waals surface area contributed by atoms with Crippen molar-refractivity contribution in [2.75, 3.05) is 6.61 Å². The lowest BCUT2D eigenvalue weighted by molar-refractivity contribution is -0.148. The van der Waals surface area contributed by atoms with E-state index in [4.69, 9.17) is 9.47 Å². The number of fused-ring (bicyclic) bond motifs is 1. The highest BCUT2D eigenvalue weighted by Crippen LogP contribution is 2.49. The molecule has 0 amide bonds. The Bertz CT molecular complexity index is 261. The molecule has 0 N–H and O–H groups in total. The third-order valence-electron chi connectivity index (χ3n) is 3.90. The number of Topliss-reactive ketones (excluding diaryl/α,β-unsaturated/α-hetero) is 1. The van der Waals surface area contributed by atoms with Crippen molar-refractivity contribution in [2.45, 2.75) is 32.2 Å². The minimum absolute atomic E-state index is 0.0660. The number of carbonyl (C=O) groups is 1. The van der Waals surface area contributed by atoms with Gasteiger partial charge >= 0.3 is 0 Å². The van der Waals surface area contributed by atoms with E-state index in [0.29, 0.717) is 18.4 Å². The van der Waals surface area contributed by atoms with Crippen molar-refractivity contribution < 1.29 is 14.3 Å². The molecule has 2 bridgehead atoms. The van der Waals surface area contributed by atoms with Crippen LogP contribution in [0.15, 0.2) is 0 Å². The maximum Gasteiger partial charge on any atom is 0.164 e. The van der Waals surface area contributed by atoms with Gasteiger partial charge in [-0.25, -0.2) is 0 Å². The lowest BCUT2D eigenvalue weighted by Gasteiger charge is -2.37. The van der Waals surface area contributed by atoms with Gasteiger partial charge in [-0.3, -0.25) is 4.79 Å². The molecule has 0 aromatic carbocycles. The Balaban J connectivity index is 1.99. The number of carbonyl (C=O) groups excluding carboxylic acids is 1. The highest BCUT2D eigenvalue weighted by Gasteiger charge is 2.61. The quantitative estimate of drug-likeness (QED) is 0.551. The predicted molar refractivity (Wildman–Crippen MR) is 45.2 cm³/mol. The average molecular weight is 182 g/mol. The van der Waals surface area contributed by atoms with Gasteiger partial charge in [0.25, 0.3) is 0 Å². The third-order valence-corrected chi connectivity index (χ3v) is 3.90. The number of ether oxygens (including phenoxy) is 2. The van der Waals surface area contributed by atoms with Crippen LogP contribution in [0.1, 0.15) is 13.8 Å². The van der Waals surface area contributed by atoms with Gasteiger partial charge in [0.05, 0.1) is 24.2 Å². The third kappa shape index (κ3) is 0.796. The molecule has 3 saturated heterocycles. The van der Waals surface area contributed by atoms with E-state index in [1.54, 1.807) is 0 Å². The average Bonchev–Trinajstić information content (AvgIpc) is 2.58. The minimum Gasteiger partial charge on any atom is -0.371 e. The summed E-state index contributed by atoms with van der Waals surface area (Å²) < 4.78 is 11.3. The Morgan fingerprint density at radius 1 is 1.15 bits per heavy atom. The first-order chi connectivity index (χ1) is 6.20. The van der Waals surface area contributed by atoms with Crippen molar-refractivity contribution >= 4 is 5.78 Å². The van der Waals surface area contributed by atoms with Gasteiger partial charge in [0.15, 0.2) is 5.78 Å². The number of hydrogen-bond acceptors (Lipinski definition) is 3. The second-order valence-corrected chi connectivity index (χ2v) is 4.55. The lowest BCUT2D eigenvalue weighted by atomic mass is 9.71. The summed E-state index contributed by atoms with van der Waals surface area (Å²) in [4.78, 5) is 11.6. The van der Waals surface area contributed by atoms with Gasteiger partial charge in [0.1, 0.15) is 6.61 Å². The summed E-state index contributed by atoms with van der Waals surface area (Å²) in [5.41, 5.74) is 0. The summed E-state index contributed by atoms with van der Waals surface area (Å²) >= 11 is 0. The second kappa shape index (κ2) is 2.34. The molecule has 0 aromatic heterocycles. The zero-order valence-electron chi connectivity index (χ0n) is 7.90. The van der Waals surface area contributed by atoms with Crippen LogP contribution in [-0.4, -0.2) is 30.7 Å². The molecular formula is C10H14O3. The van der Waals surface area contributed by atoms with Gasteiger partial charge in [0.2, 0.25) is 0 Å². The van der Waals surface area contributed by atoms with E-state index in [1.807, 2.05) is 0 Å². The van der Waals surface area contributed by atoms with E-state index in [-0.39, 0.29) is 30.0 Å². The molecule has 0 radical (unpaired) electrons. The first kappa shape index (κ1) is 7.94. The summed E-state index contributed by atoms with van der Waals surface area (Å²) in [6.07, 6.45) is 0.504. The molecule has 3 aliphatic heterocycles. The molecule has 0 aliphatic carbocycles. The molecule has 3 heterocycles. The molecule has 0 aromatic rings. The fourth-order valence-electron chi connectivity index (χ4n) is 3.26. The molecule has 3 heteroatoms. The normalized spacial score (nSPS) is 58.8. The minimum atomic E-state index is 0.0660. The van der Waals surface area contributed by atoms with Crippen LogP contribution in [0.5, 0.6) is 0 Å². The molecule has 0 spiro atoms. The molecule has 0 saturated carbocycles. The van der Waals surface area contributed by atoms with Crippen LogP contribution in [0, 0.1) is 17.8 Å².